The molecule has 2 aromatic rings. The van der Waals surface area contributed by atoms with E-state index in [1.54, 1.807) is 18.2 Å². The first-order chi connectivity index (χ1) is 10.1. The van der Waals surface area contributed by atoms with Crippen molar-refractivity contribution in [2.45, 2.75) is 26.7 Å². The highest BCUT2D eigenvalue weighted by atomic mass is 131. The third-order valence-electron chi connectivity index (χ3n) is 3.58. The van der Waals surface area contributed by atoms with Crippen molar-refractivity contribution >= 4 is 33.7 Å². The highest BCUT2D eigenvalue weighted by molar-refractivity contribution is 14.1. The van der Waals surface area contributed by atoms with Gasteiger partial charge in [0.05, 0.1) is 3.57 Å². The van der Waals surface area contributed by atoms with Crippen LogP contribution in [-0.4, -0.2) is 10.2 Å². The maximum absolute atomic E-state index is 9.69. The van der Waals surface area contributed by atoms with Crippen molar-refractivity contribution in [3.05, 3.63) is 57.2 Å². The van der Waals surface area contributed by atoms with Gasteiger partial charge in [0, 0.05) is 0 Å². The Labute approximate surface area is 139 Å². The Kier molecular flexibility index (Phi) is 5.28. The monoisotopic (exact) mass is 398 g/mol. The molecule has 0 aliphatic rings. The maximum atomic E-state index is 9.69. The molecule has 110 valence electrons. The van der Waals surface area contributed by atoms with Gasteiger partial charge in [0.2, 0.25) is 0 Å². The van der Waals surface area contributed by atoms with Crippen LogP contribution in [0.5, 0.6) is 11.5 Å². The molecule has 0 radical (unpaired) electrons. The van der Waals surface area contributed by atoms with Crippen LogP contribution < -0.4 is 0 Å². The fourth-order valence-corrected chi connectivity index (χ4v) is 3.06. The van der Waals surface area contributed by atoms with Crippen LogP contribution in [0.1, 0.15) is 37.8 Å². The van der Waals surface area contributed by atoms with E-state index in [0.29, 0.717) is 5.75 Å². The minimum atomic E-state index is 0.284. The first-order valence-corrected chi connectivity index (χ1v) is 8.15. The molecular formula is C18H19IO2. The van der Waals surface area contributed by atoms with Crippen LogP contribution >= 0.6 is 22.6 Å². The molecule has 0 aromatic heterocycles. The van der Waals surface area contributed by atoms with E-state index >= 15 is 0 Å². The second-order valence-corrected chi connectivity index (χ2v) is 6.04. The van der Waals surface area contributed by atoms with E-state index < -0.39 is 0 Å². The summed E-state index contributed by atoms with van der Waals surface area (Å²) < 4.78 is 0.859. The lowest BCUT2D eigenvalue weighted by molar-refractivity contribution is 0.471. The molecule has 2 rings (SSSR count). The van der Waals surface area contributed by atoms with Gasteiger partial charge in [-0.05, 0) is 82.0 Å². The molecule has 0 spiro atoms. The molecule has 0 aliphatic carbocycles. The molecule has 2 aromatic carbocycles. The summed E-state index contributed by atoms with van der Waals surface area (Å²) in [5.74, 6) is 0.601. The van der Waals surface area contributed by atoms with Gasteiger partial charge in [-0.15, -0.1) is 0 Å². The average Bonchev–Trinajstić information content (AvgIpc) is 2.49. The van der Waals surface area contributed by atoms with Crippen molar-refractivity contribution in [2.75, 3.05) is 0 Å². The Balaban J connectivity index is 2.57. The zero-order valence-corrected chi connectivity index (χ0v) is 14.4. The van der Waals surface area contributed by atoms with Crippen LogP contribution in [-0.2, 0) is 0 Å². The first-order valence-electron chi connectivity index (χ1n) is 7.07. The predicted molar refractivity (Wildman–Crippen MR) is 96.3 cm³/mol. The first kappa shape index (κ1) is 15.9. The number of phenolic OH excluding ortho intramolecular Hbond substituents is 2. The Bertz CT molecular complexity index is 657. The average molecular weight is 398 g/mol. The van der Waals surface area contributed by atoms with Crippen molar-refractivity contribution < 1.29 is 10.2 Å². The summed E-state index contributed by atoms with van der Waals surface area (Å²) in [5.41, 5.74) is 4.83. The molecule has 0 fully saturated rings. The standard InChI is InChI=1S/C18H19IO2/c1-3-15(12-5-8-14(20)9-6-12)16(4-2)13-7-10-18(21)17(19)11-13/h5-11,20-21H,3-4H2,1-2H3/b16-15+/i19+4. The Morgan fingerprint density at radius 2 is 1.38 bits per heavy atom. The number of hydrogen-bond donors (Lipinski definition) is 2. The summed E-state index contributed by atoms with van der Waals surface area (Å²) in [6.45, 7) is 4.29. The van der Waals surface area contributed by atoms with E-state index in [-0.39, 0.29) is 5.75 Å². The van der Waals surface area contributed by atoms with Gasteiger partial charge >= 0.3 is 0 Å². The fraction of sp³-hybridized carbons (Fsp3) is 0.222. The largest absolute Gasteiger partial charge is 0.508 e. The number of halogens is 1. The van der Waals surface area contributed by atoms with Gasteiger partial charge < -0.3 is 10.2 Å². The third-order valence-corrected chi connectivity index (χ3v) is 4.45. The summed E-state index contributed by atoms with van der Waals surface area (Å²) in [6, 6.07) is 13.1. The minimum Gasteiger partial charge on any atom is -0.508 e. The SMILES string of the molecule is CC/C(=C(/CC)c1ccc(O)c([131I])c1)c1ccc(O)cc1. The summed E-state index contributed by atoms with van der Waals surface area (Å²) >= 11 is 2.15. The molecule has 2 nitrogen and oxygen atoms in total. The molecule has 0 amide bonds. The Morgan fingerprint density at radius 1 is 0.857 bits per heavy atom. The van der Waals surface area contributed by atoms with Gasteiger partial charge in [-0.1, -0.05) is 32.0 Å². The lowest BCUT2D eigenvalue weighted by Gasteiger charge is -2.15. The number of benzene rings is 2. The normalized spacial score (nSPS) is 12.1. The summed E-state index contributed by atoms with van der Waals surface area (Å²) in [6.07, 6.45) is 1.84. The molecule has 0 saturated carbocycles. The van der Waals surface area contributed by atoms with Crippen molar-refractivity contribution in [2.24, 2.45) is 0 Å². The van der Waals surface area contributed by atoms with E-state index in [1.165, 1.54) is 11.1 Å². The van der Waals surface area contributed by atoms with E-state index in [2.05, 4.69) is 36.4 Å². The highest BCUT2D eigenvalue weighted by Crippen LogP contribution is 2.34. The smallest absolute Gasteiger partial charge is 0.128 e. The second kappa shape index (κ2) is 6.98. The Morgan fingerprint density at radius 3 is 1.90 bits per heavy atom. The molecule has 0 saturated heterocycles. The van der Waals surface area contributed by atoms with E-state index in [4.69, 9.17) is 0 Å². The van der Waals surface area contributed by atoms with Gasteiger partial charge in [0.15, 0.2) is 0 Å². The van der Waals surface area contributed by atoms with Crippen molar-refractivity contribution in [3.63, 3.8) is 0 Å². The summed E-state index contributed by atoms with van der Waals surface area (Å²) in [4.78, 5) is 0. The van der Waals surface area contributed by atoms with Gasteiger partial charge in [-0.2, -0.15) is 0 Å². The lowest BCUT2D eigenvalue weighted by atomic mass is 9.91. The van der Waals surface area contributed by atoms with E-state index in [0.717, 1.165) is 27.5 Å². The van der Waals surface area contributed by atoms with Crippen LogP contribution in [0.3, 0.4) is 0 Å². The molecule has 3 heteroatoms. The summed E-state index contributed by atoms with van der Waals surface area (Å²) in [7, 11) is 0. The number of allylic oxidation sites excluding steroid dienone is 2. The maximum Gasteiger partial charge on any atom is 0.128 e. The summed E-state index contributed by atoms with van der Waals surface area (Å²) in [5, 5.41) is 19.1. The van der Waals surface area contributed by atoms with Gasteiger partial charge in [-0.3, -0.25) is 0 Å². The van der Waals surface area contributed by atoms with Crippen molar-refractivity contribution in [1.82, 2.24) is 0 Å². The highest BCUT2D eigenvalue weighted by Gasteiger charge is 2.10. The molecular weight excluding hydrogens is 379 g/mol. The quantitative estimate of drug-likeness (QED) is 0.533. The van der Waals surface area contributed by atoms with E-state index in [1.807, 2.05) is 24.3 Å². The number of rotatable bonds is 4. The molecule has 21 heavy (non-hydrogen) atoms. The zero-order chi connectivity index (χ0) is 15.4. The molecule has 0 atom stereocenters. The van der Waals surface area contributed by atoms with Gasteiger partial charge in [0.1, 0.15) is 11.5 Å². The van der Waals surface area contributed by atoms with Gasteiger partial charge in [0.25, 0.3) is 0 Å². The molecule has 0 unspecified atom stereocenters. The van der Waals surface area contributed by atoms with Crippen molar-refractivity contribution in [3.8, 4) is 11.5 Å². The van der Waals surface area contributed by atoms with Crippen molar-refractivity contribution in [1.29, 1.82) is 0 Å². The van der Waals surface area contributed by atoms with Crippen LogP contribution in [0.25, 0.3) is 11.1 Å². The zero-order valence-electron chi connectivity index (χ0n) is 12.2. The number of aromatic hydroxyl groups is 2. The number of hydrogen-bond acceptors (Lipinski definition) is 2. The molecule has 2 N–H and O–H groups in total. The Hall–Kier alpha value is -1.49. The van der Waals surface area contributed by atoms with Gasteiger partial charge in [-0.25, -0.2) is 0 Å². The van der Waals surface area contributed by atoms with Crippen LogP contribution in [0, 0.1) is 3.57 Å². The minimum absolute atomic E-state index is 0.284. The second-order valence-electron chi connectivity index (χ2n) is 4.88. The molecule has 0 bridgehead atoms. The topological polar surface area (TPSA) is 40.5 Å². The van der Waals surface area contributed by atoms with E-state index in [9.17, 15) is 10.2 Å². The number of phenols is 2. The van der Waals surface area contributed by atoms with Crippen LogP contribution in [0.4, 0.5) is 0 Å². The predicted octanol–water partition coefficient (Wildman–Crippen LogP) is 5.43. The van der Waals surface area contributed by atoms with Crippen LogP contribution in [0.2, 0.25) is 0 Å². The third kappa shape index (κ3) is 3.59. The fourth-order valence-electron chi connectivity index (χ4n) is 2.54. The molecule has 0 heterocycles. The van der Waals surface area contributed by atoms with Crippen LogP contribution in [0.15, 0.2) is 42.5 Å². The molecule has 0 aliphatic heterocycles. The lowest BCUT2D eigenvalue weighted by Crippen LogP contribution is -1.92.